The molecule has 0 saturated carbocycles. The van der Waals surface area contributed by atoms with Crippen LogP contribution in [0.4, 0.5) is 0 Å². The van der Waals surface area contributed by atoms with Crippen molar-refractivity contribution in [1.29, 1.82) is 0 Å². The summed E-state index contributed by atoms with van der Waals surface area (Å²) in [5.74, 6) is -0.412. The lowest BCUT2D eigenvalue weighted by Gasteiger charge is -2.34. The van der Waals surface area contributed by atoms with Crippen molar-refractivity contribution in [3.63, 3.8) is 0 Å². The molecule has 1 aliphatic heterocycles. The van der Waals surface area contributed by atoms with Crippen molar-refractivity contribution in [2.45, 2.75) is 17.2 Å². The first-order valence-corrected chi connectivity index (χ1v) is 13.0. The molecule has 0 atom stereocenters. The molecule has 2 heterocycles. The van der Waals surface area contributed by atoms with E-state index in [4.69, 9.17) is 4.42 Å². The van der Waals surface area contributed by atoms with Crippen LogP contribution in [-0.2, 0) is 22.1 Å². The second-order valence-electron chi connectivity index (χ2n) is 8.55. The molecule has 6 nitrogen and oxygen atoms in total. The van der Waals surface area contributed by atoms with Gasteiger partial charge in [0.05, 0.1) is 16.9 Å². The molecule has 1 aromatic heterocycles. The van der Waals surface area contributed by atoms with Gasteiger partial charge in [-0.15, -0.1) is 0 Å². The molecule has 0 unspecified atom stereocenters. The minimum Gasteiger partial charge on any atom is -0.459 e. The summed E-state index contributed by atoms with van der Waals surface area (Å²) in [7, 11) is -3.57. The zero-order valence-electron chi connectivity index (χ0n) is 18.8. The van der Waals surface area contributed by atoms with Crippen molar-refractivity contribution in [3.05, 3.63) is 102 Å². The van der Waals surface area contributed by atoms with Gasteiger partial charge in [0.1, 0.15) is 0 Å². The van der Waals surface area contributed by atoms with Gasteiger partial charge in [-0.25, -0.2) is 8.42 Å². The van der Waals surface area contributed by atoms with Crippen LogP contribution in [0.3, 0.4) is 0 Å². The normalized spacial score (nSPS) is 15.0. The average Bonchev–Trinajstić information content (AvgIpc) is 3.32. The van der Waals surface area contributed by atoms with E-state index in [0.29, 0.717) is 18.7 Å². The van der Waals surface area contributed by atoms with E-state index in [-0.39, 0.29) is 22.3 Å². The third-order valence-electron chi connectivity index (χ3n) is 6.32. The van der Waals surface area contributed by atoms with Crippen molar-refractivity contribution < 1.29 is 17.6 Å². The second-order valence-corrected chi connectivity index (χ2v) is 10.5. The van der Waals surface area contributed by atoms with Crippen LogP contribution in [0.5, 0.6) is 0 Å². The van der Waals surface area contributed by atoms with Crippen molar-refractivity contribution in [3.8, 4) is 0 Å². The molecule has 0 bridgehead atoms. The Morgan fingerprint density at radius 3 is 2.29 bits per heavy atom. The largest absolute Gasteiger partial charge is 0.459 e. The van der Waals surface area contributed by atoms with Crippen molar-refractivity contribution in [2.75, 3.05) is 26.2 Å². The molecule has 0 N–H and O–H groups in total. The Morgan fingerprint density at radius 1 is 0.794 bits per heavy atom. The van der Waals surface area contributed by atoms with Crippen molar-refractivity contribution in [2.24, 2.45) is 0 Å². The molecular weight excluding hydrogens is 448 g/mol. The van der Waals surface area contributed by atoms with E-state index in [1.807, 2.05) is 6.07 Å². The standard InChI is InChI=1S/C27H26N2O4S/c30-27(26-23(13-18-33-26)20-34(31,32)24-10-2-1-3-11-24)29-16-14-28(15-17-29)19-22-9-6-8-21-7-4-5-12-25(21)22/h1-13,18H,14-17,19-20H2. The maximum Gasteiger partial charge on any atom is 0.289 e. The summed E-state index contributed by atoms with van der Waals surface area (Å²) in [5.41, 5.74) is 1.67. The molecule has 34 heavy (non-hydrogen) atoms. The number of piperazine rings is 1. The topological polar surface area (TPSA) is 70.8 Å². The molecule has 7 heteroatoms. The van der Waals surface area contributed by atoms with E-state index in [2.05, 4.69) is 41.3 Å². The highest BCUT2D eigenvalue weighted by molar-refractivity contribution is 7.90. The monoisotopic (exact) mass is 474 g/mol. The Kier molecular flexibility index (Phi) is 6.22. The number of fused-ring (bicyclic) bond motifs is 1. The van der Waals surface area contributed by atoms with Crippen LogP contribution in [0.25, 0.3) is 10.8 Å². The van der Waals surface area contributed by atoms with Gasteiger partial charge >= 0.3 is 0 Å². The van der Waals surface area contributed by atoms with Gasteiger partial charge in [-0.1, -0.05) is 60.7 Å². The molecule has 3 aromatic carbocycles. The fourth-order valence-corrected chi connectivity index (χ4v) is 5.85. The second kappa shape index (κ2) is 9.44. The van der Waals surface area contributed by atoms with Crippen LogP contribution in [0.1, 0.15) is 21.7 Å². The van der Waals surface area contributed by atoms with E-state index in [9.17, 15) is 13.2 Å². The lowest BCUT2D eigenvalue weighted by Crippen LogP contribution is -2.48. The zero-order valence-corrected chi connectivity index (χ0v) is 19.6. The lowest BCUT2D eigenvalue weighted by atomic mass is 10.0. The Balaban J connectivity index is 1.24. The third kappa shape index (κ3) is 4.62. The number of carbonyl (C=O) groups excluding carboxylic acids is 1. The summed E-state index contributed by atoms with van der Waals surface area (Å²) in [6.45, 7) is 3.44. The quantitative estimate of drug-likeness (QED) is 0.415. The van der Waals surface area contributed by atoms with Crippen LogP contribution < -0.4 is 0 Å². The highest BCUT2D eigenvalue weighted by Crippen LogP contribution is 2.23. The highest BCUT2D eigenvalue weighted by atomic mass is 32.2. The number of hydrogen-bond acceptors (Lipinski definition) is 5. The summed E-state index contributed by atoms with van der Waals surface area (Å²) in [4.78, 5) is 17.5. The van der Waals surface area contributed by atoms with Gasteiger partial charge in [0.25, 0.3) is 5.91 Å². The van der Waals surface area contributed by atoms with E-state index in [1.165, 1.54) is 22.6 Å². The number of benzene rings is 3. The van der Waals surface area contributed by atoms with Crippen molar-refractivity contribution >= 4 is 26.5 Å². The molecule has 0 aliphatic carbocycles. The number of carbonyl (C=O) groups is 1. The molecule has 4 aromatic rings. The summed E-state index contributed by atoms with van der Waals surface area (Å²) >= 11 is 0. The number of furan rings is 1. The summed E-state index contributed by atoms with van der Waals surface area (Å²) in [6, 6.07) is 24.6. The van der Waals surface area contributed by atoms with Crippen LogP contribution in [0.15, 0.2) is 94.4 Å². The van der Waals surface area contributed by atoms with E-state index in [1.54, 1.807) is 41.3 Å². The van der Waals surface area contributed by atoms with Gasteiger partial charge in [-0.3, -0.25) is 9.69 Å². The van der Waals surface area contributed by atoms with E-state index >= 15 is 0 Å². The zero-order chi connectivity index (χ0) is 23.5. The summed E-state index contributed by atoms with van der Waals surface area (Å²) in [6.07, 6.45) is 1.39. The molecule has 1 fully saturated rings. The van der Waals surface area contributed by atoms with Crippen molar-refractivity contribution in [1.82, 2.24) is 9.80 Å². The predicted molar refractivity (Wildman–Crippen MR) is 131 cm³/mol. The van der Waals surface area contributed by atoms with Gasteiger partial charge in [0.2, 0.25) is 0 Å². The first-order chi connectivity index (χ1) is 16.5. The molecule has 1 aliphatic rings. The van der Waals surface area contributed by atoms with Gasteiger partial charge in [-0.2, -0.15) is 0 Å². The Bertz CT molecular complexity index is 1400. The summed E-state index contributed by atoms with van der Waals surface area (Å²) in [5, 5.41) is 2.48. The van der Waals surface area contributed by atoms with Gasteiger partial charge in [0, 0.05) is 38.3 Å². The molecule has 0 radical (unpaired) electrons. The molecule has 1 saturated heterocycles. The molecular formula is C27H26N2O4S. The molecule has 0 spiro atoms. The van der Waals surface area contributed by atoms with E-state index in [0.717, 1.165) is 19.6 Å². The maximum atomic E-state index is 13.2. The average molecular weight is 475 g/mol. The highest BCUT2D eigenvalue weighted by Gasteiger charge is 2.28. The number of sulfone groups is 1. The Hall–Kier alpha value is -3.42. The molecule has 1 amide bonds. The Morgan fingerprint density at radius 2 is 1.50 bits per heavy atom. The van der Waals surface area contributed by atoms with Gasteiger partial charge < -0.3 is 9.32 Å². The van der Waals surface area contributed by atoms with Crippen LogP contribution in [0.2, 0.25) is 0 Å². The lowest BCUT2D eigenvalue weighted by molar-refractivity contribution is 0.0597. The smallest absolute Gasteiger partial charge is 0.289 e. The first-order valence-electron chi connectivity index (χ1n) is 11.3. The fourth-order valence-electron chi connectivity index (χ4n) is 4.48. The number of amides is 1. The van der Waals surface area contributed by atoms with E-state index < -0.39 is 9.84 Å². The minimum absolute atomic E-state index is 0.113. The van der Waals surface area contributed by atoms with Gasteiger partial charge in [-0.05, 0) is 34.5 Å². The van der Waals surface area contributed by atoms with Crippen LogP contribution in [-0.4, -0.2) is 50.3 Å². The SMILES string of the molecule is O=C(c1occc1CS(=O)(=O)c1ccccc1)N1CCN(Cc2cccc3ccccc23)CC1. The third-order valence-corrected chi connectivity index (χ3v) is 8.00. The fraction of sp³-hybridized carbons (Fsp3) is 0.222. The van der Waals surface area contributed by atoms with Crippen LogP contribution in [0, 0.1) is 0 Å². The number of nitrogens with zero attached hydrogens (tertiary/aromatic N) is 2. The van der Waals surface area contributed by atoms with Gasteiger partial charge in [0.15, 0.2) is 15.6 Å². The minimum atomic E-state index is -3.57. The summed E-state index contributed by atoms with van der Waals surface area (Å²) < 4.78 is 31.0. The van der Waals surface area contributed by atoms with Crippen LogP contribution >= 0.6 is 0 Å². The predicted octanol–water partition coefficient (Wildman–Crippen LogP) is 4.36. The molecule has 5 rings (SSSR count). The molecule has 174 valence electrons. The first kappa shape index (κ1) is 22.4. The number of hydrogen-bond donors (Lipinski definition) is 0. The maximum absolute atomic E-state index is 13.2. The number of rotatable bonds is 6. The Labute approximate surface area is 199 Å².